The van der Waals surface area contributed by atoms with Crippen LogP contribution in [-0.2, 0) is 4.84 Å². The maximum absolute atomic E-state index is 12.0. The highest BCUT2D eigenvalue weighted by Gasteiger charge is 2.25. The van der Waals surface area contributed by atoms with Gasteiger partial charge in [0.05, 0.1) is 11.1 Å². The van der Waals surface area contributed by atoms with Crippen molar-refractivity contribution in [1.82, 2.24) is 9.97 Å². The molecule has 1 aliphatic heterocycles. The molecule has 6 heteroatoms. The van der Waals surface area contributed by atoms with Crippen molar-refractivity contribution in [3.05, 3.63) is 27.1 Å². The fourth-order valence-electron chi connectivity index (χ4n) is 2.04. The Kier molecular flexibility index (Phi) is 2.66. The number of nitrogens with zero attached hydrogens (tertiary/aromatic N) is 2. The van der Waals surface area contributed by atoms with E-state index in [9.17, 15) is 4.79 Å². The van der Waals surface area contributed by atoms with Crippen LogP contribution < -0.4 is 5.56 Å². The Labute approximate surface area is 108 Å². The lowest BCUT2D eigenvalue weighted by Gasteiger charge is -2.06. The van der Waals surface area contributed by atoms with Gasteiger partial charge in [-0.05, 0) is 24.3 Å². The first-order chi connectivity index (χ1) is 8.69. The molecule has 2 aromatic rings. The van der Waals surface area contributed by atoms with E-state index in [-0.39, 0.29) is 11.7 Å². The Morgan fingerprint density at radius 1 is 1.61 bits per heavy atom. The Balaban J connectivity index is 2.02. The molecule has 0 bridgehead atoms. The van der Waals surface area contributed by atoms with Crippen molar-refractivity contribution in [2.45, 2.75) is 32.8 Å². The largest absolute Gasteiger partial charge is 0.384 e. The number of hydrogen-bond donors (Lipinski definition) is 1. The highest BCUT2D eigenvalue weighted by atomic mass is 32.1. The van der Waals surface area contributed by atoms with E-state index in [2.05, 4.69) is 15.1 Å². The zero-order valence-electron chi connectivity index (χ0n) is 10.2. The number of nitrogens with one attached hydrogen (secondary N) is 1. The molecule has 1 aliphatic rings. The molecule has 0 aliphatic carbocycles. The summed E-state index contributed by atoms with van der Waals surface area (Å²) >= 11 is 1.48. The molecule has 0 aromatic carbocycles. The first kappa shape index (κ1) is 11.4. The molecule has 1 atom stereocenters. The third kappa shape index (κ3) is 1.73. The predicted octanol–water partition coefficient (Wildman–Crippen LogP) is 2.52. The van der Waals surface area contributed by atoms with Crippen LogP contribution in [0.5, 0.6) is 0 Å². The van der Waals surface area contributed by atoms with E-state index in [0.29, 0.717) is 17.6 Å². The summed E-state index contributed by atoms with van der Waals surface area (Å²) in [5.41, 5.74) is 1.88. The van der Waals surface area contributed by atoms with Crippen LogP contribution in [0.4, 0.5) is 0 Å². The summed E-state index contributed by atoms with van der Waals surface area (Å²) in [6, 6.07) is 0. The van der Waals surface area contributed by atoms with Gasteiger partial charge in [-0.2, -0.15) is 0 Å². The Morgan fingerprint density at radius 2 is 2.44 bits per heavy atom. The van der Waals surface area contributed by atoms with Crippen LogP contribution in [0.2, 0.25) is 0 Å². The number of hydrogen-bond acceptors (Lipinski definition) is 5. The summed E-state index contributed by atoms with van der Waals surface area (Å²) in [6.07, 6.45) is 1.32. The number of aromatic nitrogens is 2. The second-order valence-corrected chi connectivity index (χ2v) is 5.22. The van der Waals surface area contributed by atoms with Gasteiger partial charge in [-0.3, -0.25) is 4.79 Å². The fraction of sp³-hybridized carbons (Fsp3) is 0.417. The summed E-state index contributed by atoms with van der Waals surface area (Å²) < 4.78 is 0. The van der Waals surface area contributed by atoms with Crippen LogP contribution in [0, 0.1) is 6.92 Å². The van der Waals surface area contributed by atoms with E-state index in [0.717, 1.165) is 22.5 Å². The van der Waals surface area contributed by atoms with Gasteiger partial charge in [0.2, 0.25) is 0 Å². The average molecular weight is 263 g/mol. The van der Waals surface area contributed by atoms with E-state index in [1.165, 1.54) is 11.3 Å². The monoisotopic (exact) mass is 263 g/mol. The Morgan fingerprint density at radius 3 is 3.17 bits per heavy atom. The first-order valence-electron chi connectivity index (χ1n) is 5.88. The molecule has 0 amide bonds. The molecule has 94 valence electrons. The summed E-state index contributed by atoms with van der Waals surface area (Å²) in [4.78, 5) is 25.4. The minimum Gasteiger partial charge on any atom is -0.384 e. The molecule has 0 unspecified atom stereocenters. The molecule has 5 nitrogen and oxygen atoms in total. The second-order valence-electron chi connectivity index (χ2n) is 4.36. The smallest absolute Gasteiger partial charge is 0.260 e. The molecule has 0 spiro atoms. The number of fused-ring (bicyclic) bond motifs is 1. The lowest BCUT2D eigenvalue weighted by Crippen LogP contribution is -2.14. The molecule has 3 heterocycles. The second kappa shape index (κ2) is 4.20. The molecule has 0 saturated heterocycles. The highest BCUT2D eigenvalue weighted by Crippen LogP contribution is 2.27. The van der Waals surface area contributed by atoms with Gasteiger partial charge in [0, 0.05) is 6.42 Å². The summed E-state index contributed by atoms with van der Waals surface area (Å²) in [5, 5.41) is 6.61. The van der Waals surface area contributed by atoms with Crippen molar-refractivity contribution >= 4 is 27.3 Å². The third-order valence-corrected chi connectivity index (χ3v) is 4.08. The van der Waals surface area contributed by atoms with E-state index < -0.39 is 0 Å². The van der Waals surface area contributed by atoms with Crippen molar-refractivity contribution in [1.29, 1.82) is 0 Å². The van der Waals surface area contributed by atoms with Gasteiger partial charge >= 0.3 is 0 Å². The van der Waals surface area contributed by atoms with Crippen molar-refractivity contribution in [2.75, 3.05) is 0 Å². The molecular weight excluding hydrogens is 250 g/mol. The molecular formula is C12H13N3O2S. The van der Waals surface area contributed by atoms with Crippen molar-refractivity contribution in [2.24, 2.45) is 5.16 Å². The van der Waals surface area contributed by atoms with Gasteiger partial charge in [-0.15, -0.1) is 11.3 Å². The summed E-state index contributed by atoms with van der Waals surface area (Å²) in [7, 11) is 0. The van der Waals surface area contributed by atoms with E-state index >= 15 is 0 Å². The fourth-order valence-corrected chi connectivity index (χ4v) is 2.97. The van der Waals surface area contributed by atoms with Gasteiger partial charge in [0.1, 0.15) is 4.83 Å². The minimum atomic E-state index is -0.251. The number of oxime groups is 1. The topological polar surface area (TPSA) is 67.3 Å². The molecule has 1 N–H and O–H groups in total. The molecule has 3 rings (SSSR count). The number of thiophene rings is 1. The highest BCUT2D eigenvalue weighted by molar-refractivity contribution is 7.16. The van der Waals surface area contributed by atoms with Crippen LogP contribution in [0.1, 0.15) is 37.3 Å². The number of aromatic amines is 1. The van der Waals surface area contributed by atoms with Crippen LogP contribution in [0.25, 0.3) is 10.2 Å². The van der Waals surface area contributed by atoms with E-state index in [1.807, 2.05) is 19.2 Å². The number of rotatable bonds is 2. The average Bonchev–Trinajstić information content (AvgIpc) is 2.96. The zero-order valence-corrected chi connectivity index (χ0v) is 11.0. The van der Waals surface area contributed by atoms with Gasteiger partial charge in [-0.25, -0.2) is 4.98 Å². The maximum atomic E-state index is 12.0. The first-order valence-corrected chi connectivity index (χ1v) is 6.76. The normalized spacial score (nSPS) is 19.0. The number of H-pyrrole nitrogens is 1. The van der Waals surface area contributed by atoms with Crippen LogP contribution in [0.15, 0.2) is 15.3 Å². The lowest BCUT2D eigenvalue weighted by atomic mass is 10.1. The molecule has 0 radical (unpaired) electrons. The molecule has 18 heavy (non-hydrogen) atoms. The maximum Gasteiger partial charge on any atom is 0.260 e. The van der Waals surface area contributed by atoms with E-state index in [1.54, 1.807) is 0 Å². The standard InChI is InChI=1S/C12H13N3O2S/c1-3-7-4-8(17-15-7)10-13-11(16)9-6(2)5-18-12(9)14-10/h5,8H,3-4H2,1-2H3,(H,13,14,16)/t8-/m0/s1. The van der Waals surface area contributed by atoms with E-state index in [4.69, 9.17) is 4.84 Å². The zero-order chi connectivity index (χ0) is 12.7. The third-order valence-electron chi connectivity index (χ3n) is 3.09. The lowest BCUT2D eigenvalue weighted by molar-refractivity contribution is 0.0792. The van der Waals surface area contributed by atoms with Crippen LogP contribution in [0.3, 0.4) is 0 Å². The molecule has 0 saturated carbocycles. The van der Waals surface area contributed by atoms with Crippen molar-refractivity contribution in [3.63, 3.8) is 0 Å². The number of aryl methyl sites for hydroxylation is 1. The van der Waals surface area contributed by atoms with Gasteiger partial charge in [0.25, 0.3) is 5.56 Å². The van der Waals surface area contributed by atoms with Gasteiger partial charge < -0.3 is 9.82 Å². The SMILES string of the molecule is CCC1=NO[C@H](c2nc3scc(C)c3c(=O)[nH]2)C1. The minimum absolute atomic E-state index is 0.0951. The van der Waals surface area contributed by atoms with Crippen LogP contribution in [-0.4, -0.2) is 15.7 Å². The van der Waals surface area contributed by atoms with Gasteiger partial charge in [0.15, 0.2) is 11.9 Å². The summed E-state index contributed by atoms with van der Waals surface area (Å²) in [6.45, 7) is 3.95. The van der Waals surface area contributed by atoms with Crippen LogP contribution >= 0.6 is 11.3 Å². The van der Waals surface area contributed by atoms with Gasteiger partial charge in [-0.1, -0.05) is 12.1 Å². The van der Waals surface area contributed by atoms with Crippen molar-refractivity contribution in [3.8, 4) is 0 Å². The Bertz CT molecular complexity index is 686. The Hall–Kier alpha value is -1.69. The van der Waals surface area contributed by atoms with Crippen molar-refractivity contribution < 1.29 is 4.84 Å². The summed E-state index contributed by atoms with van der Waals surface area (Å²) in [5.74, 6) is 0.571. The molecule has 2 aromatic heterocycles. The predicted molar refractivity (Wildman–Crippen MR) is 71.1 cm³/mol. The quantitative estimate of drug-likeness (QED) is 0.905. The molecule has 0 fully saturated rings.